The van der Waals surface area contributed by atoms with Crippen molar-refractivity contribution < 1.29 is 14.6 Å². The first kappa shape index (κ1) is 20.2. The van der Waals surface area contributed by atoms with Gasteiger partial charge in [0.15, 0.2) is 0 Å². The zero-order chi connectivity index (χ0) is 16.7. The van der Waals surface area contributed by atoms with Crippen molar-refractivity contribution in [2.24, 2.45) is 5.41 Å². The van der Waals surface area contributed by atoms with Crippen LogP contribution in [0.5, 0.6) is 0 Å². The fourth-order valence-corrected chi connectivity index (χ4v) is 1.85. The number of aliphatic hydroxyl groups excluding tert-OH is 1. The van der Waals surface area contributed by atoms with Crippen molar-refractivity contribution in [2.45, 2.75) is 72.4 Å². The van der Waals surface area contributed by atoms with Crippen molar-refractivity contribution in [3.63, 3.8) is 0 Å². The van der Waals surface area contributed by atoms with E-state index >= 15 is 0 Å². The van der Waals surface area contributed by atoms with E-state index in [-0.39, 0.29) is 17.6 Å². The summed E-state index contributed by atoms with van der Waals surface area (Å²) in [5.41, 5.74) is -0.845. The molecule has 0 radical (unpaired) electrons. The largest absolute Gasteiger partial charge is 0.444 e. The fourth-order valence-electron chi connectivity index (χ4n) is 1.85. The van der Waals surface area contributed by atoms with E-state index in [1.165, 1.54) is 0 Å². The maximum Gasteiger partial charge on any atom is 0.407 e. The number of rotatable bonds is 8. The molecule has 0 aliphatic rings. The predicted octanol–water partition coefficient (Wildman–Crippen LogP) is 2.68. The summed E-state index contributed by atoms with van der Waals surface area (Å²) in [5.74, 6) is 0. The highest BCUT2D eigenvalue weighted by Crippen LogP contribution is 2.19. The van der Waals surface area contributed by atoms with Gasteiger partial charge in [-0.2, -0.15) is 0 Å². The summed E-state index contributed by atoms with van der Waals surface area (Å²) in [6.45, 7) is 15.1. The Morgan fingerprint density at radius 2 is 1.57 bits per heavy atom. The maximum absolute atomic E-state index is 11.8. The Morgan fingerprint density at radius 1 is 1.05 bits per heavy atom. The molecule has 126 valence electrons. The van der Waals surface area contributed by atoms with Gasteiger partial charge in [0.05, 0.1) is 0 Å². The molecule has 0 spiro atoms. The molecule has 0 saturated heterocycles. The van der Waals surface area contributed by atoms with Gasteiger partial charge < -0.3 is 20.5 Å². The van der Waals surface area contributed by atoms with Gasteiger partial charge in [-0.05, 0) is 33.6 Å². The minimum absolute atomic E-state index is 0.128. The second-order valence-electron chi connectivity index (χ2n) is 7.52. The Kier molecular flexibility index (Phi) is 7.68. The summed E-state index contributed by atoms with van der Waals surface area (Å²) < 4.78 is 5.27. The summed E-state index contributed by atoms with van der Waals surface area (Å²) in [5, 5.41) is 15.7. The van der Waals surface area contributed by atoms with Gasteiger partial charge in [0.25, 0.3) is 0 Å². The number of hydrogen-bond acceptors (Lipinski definition) is 4. The first-order chi connectivity index (χ1) is 9.49. The Labute approximate surface area is 129 Å². The molecule has 0 heterocycles. The minimum atomic E-state index is -0.489. The molecule has 0 atom stereocenters. The number of nitrogens with one attached hydrogen (secondary N) is 2. The Hall–Kier alpha value is -0.810. The van der Waals surface area contributed by atoms with Gasteiger partial charge in [0.2, 0.25) is 0 Å². The summed E-state index contributed by atoms with van der Waals surface area (Å²) in [7, 11) is 0. The van der Waals surface area contributed by atoms with Crippen molar-refractivity contribution in [3.05, 3.63) is 0 Å². The van der Waals surface area contributed by atoms with Gasteiger partial charge in [-0.1, -0.05) is 27.7 Å². The van der Waals surface area contributed by atoms with Crippen LogP contribution in [0.2, 0.25) is 0 Å². The second-order valence-corrected chi connectivity index (χ2v) is 7.52. The standard InChI is InChI=1S/C16H34N2O3/c1-8-16(9-2,18-10-15(6,7)12-19)11-17-13(20)21-14(3,4)5/h18-19H,8-12H2,1-7H3,(H,17,20). The van der Waals surface area contributed by atoms with Gasteiger partial charge in [-0.3, -0.25) is 0 Å². The molecule has 1 amide bonds. The van der Waals surface area contributed by atoms with Crippen molar-refractivity contribution in [3.8, 4) is 0 Å². The summed E-state index contributed by atoms with van der Waals surface area (Å²) in [6.07, 6.45) is 1.39. The molecule has 0 bridgehead atoms. The molecule has 0 rings (SSSR count). The lowest BCUT2D eigenvalue weighted by Crippen LogP contribution is -2.55. The average Bonchev–Trinajstić information content (AvgIpc) is 2.38. The zero-order valence-corrected chi connectivity index (χ0v) is 14.8. The lowest BCUT2D eigenvalue weighted by molar-refractivity contribution is 0.0502. The van der Waals surface area contributed by atoms with Gasteiger partial charge in [-0.25, -0.2) is 4.79 Å². The normalized spacial score (nSPS) is 13.1. The third-order valence-corrected chi connectivity index (χ3v) is 3.69. The SMILES string of the molecule is CCC(CC)(CNC(=O)OC(C)(C)C)NCC(C)(C)CO. The van der Waals surface area contributed by atoms with Crippen LogP contribution in [0, 0.1) is 5.41 Å². The van der Waals surface area contributed by atoms with E-state index in [0.717, 1.165) is 12.8 Å². The van der Waals surface area contributed by atoms with Gasteiger partial charge in [0.1, 0.15) is 5.60 Å². The highest BCUT2D eigenvalue weighted by molar-refractivity contribution is 5.67. The number of ether oxygens (including phenoxy) is 1. The van der Waals surface area contributed by atoms with E-state index < -0.39 is 11.7 Å². The summed E-state index contributed by atoms with van der Waals surface area (Å²) in [6, 6.07) is 0. The molecule has 0 aromatic rings. The van der Waals surface area contributed by atoms with Crippen LogP contribution in [-0.2, 0) is 4.74 Å². The quantitative estimate of drug-likeness (QED) is 0.645. The lowest BCUT2D eigenvalue weighted by atomic mass is 9.88. The molecule has 0 aromatic heterocycles. The van der Waals surface area contributed by atoms with Gasteiger partial charge in [0, 0.05) is 30.7 Å². The van der Waals surface area contributed by atoms with E-state index in [0.29, 0.717) is 13.1 Å². The second kappa shape index (κ2) is 7.99. The van der Waals surface area contributed by atoms with E-state index in [9.17, 15) is 9.90 Å². The molecule has 0 unspecified atom stereocenters. The van der Waals surface area contributed by atoms with Crippen molar-refractivity contribution in [1.29, 1.82) is 0 Å². The van der Waals surface area contributed by atoms with Crippen LogP contribution in [0.3, 0.4) is 0 Å². The molecular weight excluding hydrogens is 268 g/mol. The Bertz CT molecular complexity index is 318. The first-order valence-electron chi connectivity index (χ1n) is 7.82. The average molecular weight is 302 g/mol. The first-order valence-corrected chi connectivity index (χ1v) is 7.82. The van der Waals surface area contributed by atoms with Crippen molar-refractivity contribution >= 4 is 6.09 Å². The van der Waals surface area contributed by atoms with Gasteiger partial charge in [-0.15, -0.1) is 0 Å². The van der Waals surface area contributed by atoms with E-state index in [1.807, 2.05) is 34.6 Å². The Morgan fingerprint density at radius 3 is 1.95 bits per heavy atom. The van der Waals surface area contributed by atoms with Crippen LogP contribution in [0.15, 0.2) is 0 Å². The number of hydrogen-bond donors (Lipinski definition) is 3. The smallest absolute Gasteiger partial charge is 0.407 e. The number of carbonyl (C=O) groups is 1. The molecule has 5 heteroatoms. The number of alkyl carbamates (subject to hydrolysis) is 1. The number of carbonyl (C=O) groups excluding carboxylic acids is 1. The lowest BCUT2D eigenvalue weighted by Gasteiger charge is -2.37. The topological polar surface area (TPSA) is 70.6 Å². The molecule has 0 fully saturated rings. The molecule has 21 heavy (non-hydrogen) atoms. The van der Waals surface area contributed by atoms with Crippen LogP contribution < -0.4 is 10.6 Å². The molecule has 0 aliphatic heterocycles. The Balaban J connectivity index is 4.56. The molecule has 5 nitrogen and oxygen atoms in total. The van der Waals surface area contributed by atoms with Crippen LogP contribution in [0.4, 0.5) is 4.79 Å². The van der Waals surface area contributed by atoms with E-state index in [4.69, 9.17) is 4.74 Å². The predicted molar refractivity (Wildman–Crippen MR) is 86.4 cm³/mol. The zero-order valence-electron chi connectivity index (χ0n) is 14.8. The third-order valence-electron chi connectivity index (χ3n) is 3.69. The molecule has 0 aromatic carbocycles. The molecule has 0 aliphatic carbocycles. The summed E-state index contributed by atoms with van der Waals surface area (Å²) in [4.78, 5) is 11.8. The summed E-state index contributed by atoms with van der Waals surface area (Å²) >= 11 is 0. The van der Waals surface area contributed by atoms with Crippen molar-refractivity contribution in [1.82, 2.24) is 10.6 Å². The number of amides is 1. The maximum atomic E-state index is 11.8. The number of aliphatic hydroxyl groups is 1. The molecular formula is C16H34N2O3. The van der Waals surface area contributed by atoms with E-state index in [2.05, 4.69) is 24.5 Å². The molecule has 3 N–H and O–H groups in total. The van der Waals surface area contributed by atoms with Crippen molar-refractivity contribution in [2.75, 3.05) is 19.7 Å². The van der Waals surface area contributed by atoms with E-state index in [1.54, 1.807) is 0 Å². The highest BCUT2D eigenvalue weighted by atomic mass is 16.6. The third kappa shape index (κ3) is 8.27. The highest BCUT2D eigenvalue weighted by Gasteiger charge is 2.29. The van der Waals surface area contributed by atoms with Gasteiger partial charge >= 0.3 is 6.09 Å². The fraction of sp³-hybridized carbons (Fsp3) is 0.938. The molecule has 0 saturated carbocycles. The minimum Gasteiger partial charge on any atom is -0.444 e. The van der Waals surface area contributed by atoms with Crippen LogP contribution in [0.1, 0.15) is 61.3 Å². The van der Waals surface area contributed by atoms with Crippen LogP contribution in [0.25, 0.3) is 0 Å². The van der Waals surface area contributed by atoms with Crippen LogP contribution in [-0.4, -0.2) is 42.0 Å². The van der Waals surface area contributed by atoms with Crippen LogP contribution >= 0.6 is 0 Å². The monoisotopic (exact) mass is 302 g/mol.